The first-order chi connectivity index (χ1) is 12.5. The van der Waals surface area contributed by atoms with E-state index in [9.17, 15) is 19.2 Å². The van der Waals surface area contributed by atoms with Crippen LogP contribution in [-0.2, 0) is 20.7 Å². The lowest BCUT2D eigenvalue weighted by atomic mass is 9.85. The van der Waals surface area contributed by atoms with Crippen LogP contribution in [0.1, 0.15) is 31.2 Å². The molecule has 26 heavy (non-hydrogen) atoms. The van der Waals surface area contributed by atoms with Crippen molar-refractivity contribution in [1.29, 1.82) is 0 Å². The third-order valence-corrected chi connectivity index (χ3v) is 5.30. The van der Waals surface area contributed by atoms with Gasteiger partial charge in [-0.05, 0) is 25.7 Å². The van der Waals surface area contributed by atoms with E-state index in [4.69, 9.17) is 4.74 Å². The fourth-order valence-corrected chi connectivity index (χ4v) is 4.03. The van der Waals surface area contributed by atoms with Crippen molar-refractivity contribution in [3.63, 3.8) is 0 Å². The lowest BCUT2D eigenvalue weighted by Crippen LogP contribution is -2.62. The van der Waals surface area contributed by atoms with Crippen molar-refractivity contribution in [2.45, 2.75) is 37.6 Å². The fourth-order valence-electron chi connectivity index (χ4n) is 4.03. The van der Waals surface area contributed by atoms with Crippen LogP contribution in [0.15, 0.2) is 15.8 Å². The molecule has 0 radical (unpaired) electrons. The highest BCUT2D eigenvalue weighted by Gasteiger charge is 2.52. The quantitative estimate of drug-likeness (QED) is 0.712. The number of likely N-dealkylation sites (tertiary alicyclic amines) is 2. The van der Waals surface area contributed by atoms with Crippen LogP contribution in [0.2, 0.25) is 0 Å². The third-order valence-electron chi connectivity index (χ3n) is 5.30. The molecular weight excluding hydrogens is 340 g/mol. The Labute approximate surface area is 150 Å². The summed E-state index contributed by atoms with van der Waals surface area (Å²) in [5.41, 5.74) is -1.80. The van der Waals surface area contributed by atoms with Crippen LogP contribution in [0, 0.1) is 0 Å². The number of piperidine rings is 1. The Balaban J connectivity index is 1.80. The molecule has 1 spiro atoms. The molecule has 2 aliphatic heterocycles. The van der Waals surface area contributed by atoms with E-state index in [2.05, 4.69) is 9.97 Å². The number of H-pyrrole nitrogens is 2. The molecule has 1 aromatic heterocycles. The number of methoxy groups -OCH3 is 1. The summed E-state index contributed by atoms with van der Waals surface area (Å²) in [5.74, 6) is -0.288. The zero-order chi connectivity index (χ0) is 18.7. The van der Waals surface area contributed by atoms with Crippen molar-refractivity contribution in [2.24, 2.45) is 0 Å². The first-order valence-corrected chi connectivity index (χ1v) is 8.87. The van der Waals surface area contributed by atoms with E-state index in [1.165, 1.54) is 6.20 Å². The third kappa shape index (κ3) is 3.31. The zero-order valence-electron chi connectivity index (χ0n) is 14.9. The molecule has 1 unspecified atom stereocenters. The molecule has 2 amide bonds. The summed E-state index contributed by atoms with van der Waals surface area (Å²) >= 11 is 0. The Bertz CT molecular complexity index is 801. The first kappa shape index (κ1) is 18.4. The second kappa shape index (κ2) is 7.45. The Hall–Kier alpha value is -2.42. The number of amides is 2. The summed E-state index contributed by atoms with van der Waals surface area (Å²) in [4.78, 5) is 56.9. The number of rotatable bonds is 5. The average molecular weight is 364 g/mol. The van der Waals surface area contributed by atoms with Gasteiger partial charge in [-0.1, -0.05) is 0 Å². The number of nitrogens with one attached hydrogen (secondary N) is 2. The minimum atomic E-state index is -0.808. The maximum absolute atomic E-state index is 13.1. The first-order valence-electron chi connectivity index (χ1n) is 8.87. The predicted octanol–water partition coefficient (Wildman–Crippen LogP) is -0.764. The average Bonchev–Trinajstić information content (AvgIpc) is 3.03. The van der Waals surface area contributed by atoms with E-state index in [1.807, 2.05) is 0 Å². The number of nitrogens with zero attached hydrogens (tertiary/aromatic N) is 2. The molecule has 9 heteroatoms. The van der Waals surface area contributed by atoms with Gasteiger partial charge in [-0.15, -0.1) is 0 Å². The molecule has 142 valence electrons. The van der Waals surface area contributed by atoms with E-state index in [0.717, 1.165) is 12.8 Å². The topological polar surface area (TPSA) is 116 Å². The van der Waals surface area contributed by atoms with Crippen LogP contribution in [0.3, 0.4) is 0 Å². The molecule has 0 saturated carbocycles. The normalized spacial score (nSPS) is 23.0. The molecule has 3 heterocycles. The summed E-state index contributed by atoms with van der Waals surface area (Å²) < 4.78 is 5.08. The molecular formula is C17H24N4O5. The van der Waals surface area contributed by atoms with Crippen molar-refractivity contribution in [3.8, 4) is 0 Å². The minimum absolute atomic E-state index is 0.0259. The molecule has 0 bridgehead atoms. The van der Waals surface area contributed by atoms with E-state index >= 15 is 0 Å². The monoisotopic (exact) mass is 364 g/mol. The van der Waals surface area contributed by atoms with Crippen molar-refractivity contribution < 1.29 is 14.3 Å². The van der Waals surface area contributed by atoms with Gasteiger partial charge in [0.1, 0.15) is 5.54 Å². The summed E-state index contributed by atoms with van der Waals surface area (Å²) in [5, 5.41) is 0. The van der Waals surface area contributed by atoms with Crippen molar-refractivity contribution in [1.82, 2.24) is 19.8 Å². The number of carbonyl (C=O) groups is 2. The Morgan fingerprint density at radius 3 is 2.65 bits per heavy atom. The Morgan fingerprint density at radius 1 is 1.23 bits per heavy atom. The van der Waals surface area contributed by atoms with Gasteiger partial charge in [0.05, 0.1) is 13.0 Å². The number of hydrogen-bond donors (Lipinski definition) is 2. The number of ether oxygens (including phenoxy) is 1. The van der Waals surface area contributed by atoms with E-state index in [1.54, 1.807) is 16.9 Å². The Morgan fingerprint density at radius 2 is 1.96 bits per heavy atom. The number of aromatic nitrogens is 2. The molecule has 9 nitrogen and oxygen atoms in total. The number of carbonyl (C=O) groups excluding carboxylic acids is 2. The molecule has 2 saturated heterocycles. The SMILES string of the molecule is COCCN1CCCC2(CCCN2C(=O)Cc2c[nH]c(=O)[nH]c2=O)C1=O. The largest absolute Gasteiger partial charge is 0.383 e. The molecule has 2 N–H and O–H groups in total. The van der Waals surface area contributed by atoms with Gasteiger partial charge in [0.15, 0.2) is 0 Å². The van der Waals surface area contributed by atoms with Gasteiger partial charge in [-0.2, -0.15) is 0 Å². The number of aromatic amines is 2. The molecule has 2 fully saturated rings. The smallest absolute Gasteiger partial charge is 0.325 e. The summed E-state index contributed by atoms with van der Waals surface area (Å²) in [7, 11) is 1.59. The van der Waals surface area contributed by atoms with Crippen molar-refractivity contribution in [2.75, 3.05) is 33.4 Å². The lowest BCUT2D eigenvalue weighted by Gasteiger charge is -2.44. The van der Waals surface area contributed by atoms with Crippen molar-refractivity contribution >= 4 is 11.8 Å². The highest BCUT2D eigenvalue weighted by Crippen LogP contribution is 2.38. The van der Waals surface area contributed by atoms with Crippen LogP contribution >= 0.6 is 0 Å². The lowest BCUT2D eigenvalue weighted by molar-refractivity contribution is -0.155. The van der Waals surface area contributed by atoms with Crippen LogP contribution in [0.4, 0.5) is 0 Å². The van der Waals surface area contributed by atoms with E-state index < -0.39 is 16.8 Å². The summed E-state index contributed by atoms with van der Waals surface area (Å²) in [6.45, 7) is 2.15. The minimum Gasteiger partial charge on any atom is -0.383 e. The highest BCUT2D eigenvalue weighted by atomic mass is 16.5. The molecule has 3 rings (SSSR count). The number of hydrogen-bond acceptors (Lipinski definition) is 5. The predicted molar refractivity (Wildman–Crippen MR) is 92.8 cm³/mol. The van der Waals surface area contributed by atoms with Gasteiger partial charge in [-0.3, -0.25) is 19.4 Å². The maximum atomic E-state index is 13.1. The summed E-state index contributed by atoms with van der Waals surface area (Å²) in [6.07, 6.45) is 4.00. The van der Waals surface area contributed by atoms with Crippen LogP contribution < -0.4 is 11.2 Å². The zero-order valence-corrected chi connectivity index (χ0v) is 14.9. The highest BCUT2D eigenvalue weighted by molar-refractivity contribution is 5.93. The van der Waals surface area contributed by atoms with Crippen LogP contribution in [0.25, 0.3) is 0 Å². The van der Waals surface area contributed by atoms with E-state index in [-0.39, 0.29) is 23.8 Å². The standard InChI is InChI=1S/C17H24N4O5/c1-26-9-8-20-6-2-4-17(15(20)24)5-3-7-21(17)13(22)10-12-11-18-16(25)19-14(12)23/h11H,2-10H2,1H3,(H2,18,19,23,25). The molecule has 1 aromatic rings. The van der Waals surface area contributed by atoms with Crippen LogP contribution in [-0.4, -0.2) is 70.5 Å². The van der Waals surface area contributed by atoms with Gasteiger partial charge >= 0.3 is 5.69 Å². The molecule has 0 aliphatic carbocycles. The molecule has 2 aliphatic rings. The van der Waals surface area contributed by atoms with Gasteiger partial charge in [0.25, 0.3) is 5.56 Å². The summed E-state index contributed by atoms with van der Waals surface area (Å²) in [6, 6.07) is 0. The van der Waals surface area contributed by atoms with Gasteiger partial charge in [-0.25, -0.2) is 4.79 Å². The Kier molecular flexibility index (Phi) is 5.26. The van der Waals surface area contributed by atoms with Crippen LogP contribution in [0.5, 0.6) is 0 Å². The van der Waals surface area contributed by atoms with E-state index in [0.29, 0.717) is 39.1 Å². The van der Waals surface area contributed by atoms with Gasteiger partial charge < -0.3 is 19.5 Å². The molecule has 0 aromatic carbocycles. The fraction of sp³-hybridized carbons (Fsp3) is 0.647. The van der Waals surface area contributed by atoms with Crippen molar-refractivity contribution in [3.05, 3.63) is 32.6 Å². The van der Waals surface area contributed by atoms with Gasteiger partial charge in [0, 0.05) is 38.5 Å². The second-order valence-corrected chi connectivity index (χ2v) is 6.84. The molecule has 1 atom stereocenters. The second-order valence-electron chi connectivity index (χ2n) is 6.84. The van der Waals surface area contributed by atoms with Gasteiger partial charge in [0.2, 0.25) is 11.8 Å². The maximum Gasteiger partial charge on any atom is 0.325 e.